The SMILES string of the molecule is C=CCO[C@H](CO[Si](c1ccccc1)(c1ccccc1)C(C)(C)C)CC(=O)OC. The zero-order chi connectivity index (χ0) is 21.3. The summed E-state index contributed by atoms with van der Waals surface area (Å²) < 4.78 is 17.5. The number of carbonyl (C=O) groups excluding carboxylic acids is 1. The van der Waals surface area contributed by atoms with Crippen LogP contribution in [0.3, 0.4) is 0 Å². The molecule has 0 aromatic heterocycles. The topological polar surface area (TPSA) is 44.8 Å². The van der Waals surface area contributed by atoms with E-state index in [0.29, 0.717) is 13.2 Å². The van der Waals surface area contributed by atoms with Gasteiger partial charge in [0, 0.05) is 0 Å². The van der Waals surface area contributed by atoms with E-state index in [2.05, 4.69) is 75.9 Å². The molecule has 5 heteroatoms. The predicted octanol–water partition coefficient (Wildman–Crippen LogP) is 3.70. The van der Waals surface area contributed by atoms with E-state index in [-0.39, 0.29) is 17.4 Å². The maximum absolute atomic E-state index is 11.9. The summed E-state index contributed by atoms with van der Waals surface area (Å²) in [5, 5.41) is 2.25. The lowest BCUT2D eigenvalue weighted by Gasteiger charge is -2.43. The average molecular weight is 413 g/mol. The lowest BCUT2D eigenvalue weighted by Crippen LogP contribution is -2.67. The van der Waals surface area contributed by atoms with Gasteiger partial charge in [-0.3, -0.25) is 4.79 Å². The largest absolute Gasteiger partial charge is 0.469 e. The Hall–Kier alpha value is -2.21. The molecule has 2 aromatic rings. The van der Waals surface area contributed by atoms with Crippen molar-refractivity contribution in [1.82, 2.24) is 0 Å². The highest BCUT2D eigenvalue weighted by Gasteiger charge is 2.50. The van der Waals surface area contributed by atoms with Crippen molar-refractivity contribution >= 4 is 24.7 Å². The minimum absolute atomic E-state index is 0.135. The van der Waals surface area contributed by atoms with Crippen LogP contribution in [0.5, 0.6) is 0 Å². The molecule has 0 saturated heterocycles. The Labute approximate surface area is 175 Å². The van der Waals surface area contributed by atoms with Crippen molar-refractivity contribution in [3.63, 3.8) is 0 Å². The first-order valence-electron chi connectivity index (χ1n) is 9.89. The van der Waals surface area contributed by atoms with Crippen LogP contribution in [0.2, 0.25) is 5.04 Å². The second-order valence-corrected chi connectivity index (χ2v) is 12.3. The maximum atomic E-state index is 11.9. The van der Waals surface area contributed by atoms with E-state index in [0.717, 1.165) is 0 Å². The van der Waals surface area contributed by atoms with Crippen LogP contribution in [-0.2, 0) is 18.7 Å². The monoisotopic (exact) mass is 412 g/mol. The Morgan fingerprint density at radius 3 is 1.97 bits per heavy atom. The number of hydrogen-bond acceptors (Lipinski definition) is 4. The summed E-state index contributed by atoms with van der Waals surface area (Å²) in [6.45, 7) is 11.0. The molecule has 0 radical (unpaired) electrons. The highest BCUT2D eigenvalue weighted by atomic mass is 28.4. The highest BCUT2D eigenvalue weighted by Crippen LogP contribution is 2.37. The van der Waals surface area contributed by atoms with Gasteiger partial charge in [0.1, 0.15) is 0 Å². The molecule has 4 nitrogen and oxygen atoms in total. The quantitative estimate of drug-likeness (QED) is 0.339. The zero-order valence-corrected chi connectivity index (χ0v) is 18.9. The fourth-order valence-electron chi connectivity index (χ4n) is 3.62. The second kappa shape index (κ2) is 10.5. The fraction of sp³-hybridized carbons (Fsp3) is 0.375. The summed E-state index contributed by atoms with van der Waals surface area (Å²) in [7, 11) is -1.29. The minimum Gasteiger partial charge on any atom is -0.469 e. The van der Waals surface area contributed by atoms with Crippen molar-refractivity contribution < 1.29 is 18.7 Å². The smallest absolute Gasteiger partial charge is 0.308 e. The molecular weight excluding hydrogens is 380 g/mol. The van der Waals surface area contributed by atoms with Crippen molar-refractivity contribution in [1.29, 1.82) is 0 Å². The zero-order valence-electron chi connectivity index (χ0n) is 17.9. The van der Waals surface area contributed by atoms with E-state index in [1.807, 2.05) is 12.1 Å². The van der Waals surface area contributed by atoms with E-state index < -0.39 is 14.4 Å². The number of ether oxygens (including phenoxy) is 2. The van der Waals surface area contributed by atoms with Crippen LogP contribution in [0.1, 0.15) is 27.2 Å². The lowest BCUT2D eigenvalue weighted by atomic mass is 10.2. The van der Waals surface area contributed by atoms with Gasteiger partial charge in [0.15, 0.2) is 0 Å². The van der Waals surface area contributed by atoms with Crippen molar-refractivity contribution in [2.24, 2.45) is 0 Å². The average Bonchev–Trinajstić information content (AvgIpc) is 2.72. The lowest BCUT2D eigenvalue weighted by molar-refractivity contribution is -0.144. The van der Waals surface area contributed by atoms with Crippen molar-refractivity contribution in [2.45, 2.75) is 38.3 Å². The van der Waals surface area contributed by atoms with Gasteiger partial charge in [-0.05, 0) is 15.4 Å². The predicted molar refractivity (Wildman–Crippen MR) is 120 cm³/mol. The molecule has 0 aliphatic carbocycles. The summed E-state index contributed by atoms with van der Waals surface area (Å²) in [5.41, 5.74) is 0. The van der Waals surface area contributed by atoms with Crippen LogP contribution in [0.25, 0.3) is 0 Å². The van der Waals surface area contributed by atoms with Gasteiger partial charge in [0.2, 0.25) is 0 Å². The van der Waals surface area contributed by atoms with E-state index >= 15 is 0 Å². The molecule has 2 aromatic carbocycles. The Morgan fingerprint density at radius 1 is 1.03 bits per heavy atom. The molecule has 0 aliphatic rings. The van der Waals surface area contributed by atoms with Gasteiger partial charge in [-0.15, -0.1) is 6.58 Å². The molecule has 0 saturated carbocycles. The first kappa shape index (κ1) is 23.1. The van der Waals surface area contributed by atoms with Crippen LogP contribution in [0, 0.1) is 0 Å². The van der Waals surface area contributed by atoms with E-state index in [1.54, 1.807) is 6.08 Å². The number of methoxy groups -OCH3 is 1. The van der Waals surface area contributed by atoms with Gasteiger partial charge >= 0.3 is 5.97 Å². The first-order valence-corrected chi connectivity index (χ1v) is 11.8. The van der Waals surface area contributed by atoms with Crippen LogP contribution < -0.4 is 10.4 Å². The molecule has 0 aliphatic heterocycles. The number of hydrogen-bond donors (Lipinski definition) is 0. The molecule has 0 amide bonds. The molecule has 29 heavy (non-hydrogen) atoms. The number of esters is 1. The molecule has 0 heterocycles. The third-order valence-electron chi connectivity index (χ3n) is 4.97. The normalized spacial score (nSPS) is 13.0. The highest BCUT2D eigenvalue weighted by molar-refractivity contribution is 6.99. The van der Waals surface area contributed by atoms with Crippen molar-refractivity contribution in [3.05, 3.63) is 73.3 Å². The van der Waals surface area contributed by atoms with Crippen molar-refractivity contribution in [2.75, 3.05) is 20.3 Å². The summed E-state index contributed by atoms with van der Waals surface area (Å²) in [4.78, 5) is 11.9. The number of benzene rings is 2. The van der Waals surface area contributed by atoms with Crippen LogP contribution in [-0.4, -0.2) is 40.7 Å². The summed E-state index contributed by atoms with van der Waals surface area (Å²) >= 11 is 0. The Kier molecular flexibility index (Phi) is 8.38. The molecule has 2 rings (SSSR count). The van der Waals surface area contributed by atoms with Gasteiger partial charge in [0.25, 0.3) is 8.32 Å². The standard InChI is InChI=1S/C24H32O4Si/c1-6-17-27-20(18-23(25)26-5)19-28-29(24(2,3)4,21-13-9-7-10-14-21)22-15-11-8-12-16-22/h6-16,20H,1,17-19H2,2-5H3/t20-/m0/s1. The minimum atomic E-state index is -2.67. The molecule has 0 unspecified atom stereocenters. The molecule has 0 spiro atoms. The number of rotatable bonds is 10. The van der Waals surface area contributed by atoms with E-state index in [1.165, 1.54) is 17.5 Å². The fourth-order valence-corrected chi connectivity index (χ4v) is 8.21. The second-order valence-electron chi connectivity index (χ2n) is 8.00. The molecule has 1 atom stereocenters. The van der Waals surface area contributed by atoms with Gasteiger partial charge in [-0.1, -0.05) is 87.5 Å². The first-order chi connectivity index (χ1) is 13.8. The van der Waals surface area contributed by atoms with E-state index in [4.69, 9.17) is 13.9 Å². The summed E-state index contributed by atoms with van der Waals surface area (Å²) in [5.74, 6) is -0.315. The van der Waals surface area contributed by atoms with Gasteiger partial charge in [0.05, 0.1) is 32.8 Å². The van der Waals surface area contributed by atoms with Gasteiger partial charge in [-0.25, -0.2) is 0 Å². The molecule has 0 N–H and O–H groups in total. The van der Waals surface area contributed by atoms with Gasteiger partial charge < -0.3 is 13.9 Å². The van der Waals surface area contributed by atoms with Crippen molar-refractivity contribution in [3.8, 4) is 0 Å². The molecule has 156 valence electrons. The summed E-state index contributed by atoms with van der Waals surface area (Å²) in [6, 6.07) is 20.8. The third-order valence-corrected chi connectivity index (χ3v) is 9.98. The Balaban J connectivity index is 2.46. The van der Waals surface area contributed by atoms with Gasteiger partial charge in [-0.2, -0.15) is 0 Å². The Bertz CT molecular complexity index is 729. The van der Waals surface area contributed by atoms with E-state index in [9.17, 15) is 4.79 Å². The molecule has 0 bridgehead atoms. The third kappa shape index (κ3) is 5.66. The summed E-state index contributed by atoms with van der Waals surface area (Å²) in [6.07, 6.45) is 1.41. The van der Waals surface area contributed by atoms with Crippen LogP contribution >= 0.6 is 0 Å². The molecule has 0 fully saturated rings. The molecular formula is C24H32O4Si. The Morgan fingerprint density at radius 2 is 1.55 bits per heavy atom. The maximum Gasteiger partial charge on any atom is 0.308 e. The van der Waals surface area contributed by atoms with Crippen LogP contribution in [0.4, 0.5) is 0 Å². The van der Waals surface area contributed by atoms with Crippen LogP contribution in [0.15, 0.2) is 73.3 Å². The number of carbonyl (C=O) groups is 1.